The van der Waals surface area contributed by atoms with Crippen molar-refractivity contribution in [2.24, 2.45) is 10.4 Å². The molecule has 2 aromatic rings. The molecule has 0 aliphatic heterocycles. The molecule has 0 radical (unpaired) electrons. The first kappa shape index (κ1) is 22.9. The van der Waals surface area contributed by atoms with Crippen molar-refractivity contribution in [1.82, 2.24) is 25.2 Å². The first-order chi connectivity index (χ1) is 13.3. The zero-order chi connectivity index (χ0) is 19.0. The Morgan fingerprint density at radius 1 is 1.25 bits per heavy atom. The molecule has 0 saturated heterocycles. The minimum atomic E-state index is 0. The summed E-state index contributed by atoms with van der Waals surface area (Å²) < 4.78 is 7.63. The molecule has 0 spiro atoms. The molecule has 0 atom stereocenters. The number of halogens is 1. The highest BCUT2D eigenvalue weighted by Crippen LogP contribution is 2.40. The second-order valence-corrected chi connectivity index (χ2v) is 7.30. The number of fused-ring (bicyclic) bond motifs is 1. The molecule has 7 nitrogen and oxygen atoms in total. The Labute approximate surface area is 184 Å². The monoisotopic (exact) mass is 500 g/mol. The standard InChI is InChI=1S/C20H32N6O.HI/c1-3-27-15-12-20(10-5-6-11-20)16-23-19(21-2)22-13-9-18-25-24-17-8-4-7-14-26(17)18;/h4,7-8,14H,3,5-6,9-13,15-16H2,1-2H3,(H2,21,22,23);1H. The van der Waals surface area contributed by atoms with Crippen LogP contribution in [0.4, 0.5) is 0 Å². The summed E-state index contributed by atoms with van der Waals surface area (Å²) in [5.74, 6) is 1.81. The van der Waals surface area contributed by atoms with Crippen LogP contribution in [0.5, 0.6) is 0 Å². The highest BCUT2D eigenvalue weighted by Gasteiger charge is 2.33. The zero-order valence-corrected chi connectivity index (χ0v) is 19.3. The molecular weight excluding hydrogens is 467 g/mol. The maximum absolute atomic E-state index is 5.61. The van der Waals surface area contributed by atoms with Gasteiger partial charge in [0, 0.05) is 46.0 Å². The van der Waals surface area contributed by atoms with Crippen molar-refractivity contribution in [3.63, 3.8) is 0 Å². The smallest absolute Gasteiger partial charge is 0.191 e. The highest BCUT2D eigenvalue weighted by atomic mass is 127. The second-order valence-electron chi connectivity index (χ2n) is 7.30. The van der Waals surface area contributed by atoms with Crippen molar-refractivity contribution in [2.45, 2.75) is 45.4 Å². The largest absolute Gasteiger partial charge is 0.382 e. The SMILES string of the molecule is CCOCCC1(CNC(=NC)NCCc2nnc3ccccn23)CCCC1.I. The third kappa shape index (κ3) is 6.04. The third-order valence-electron chi connectivity index (χ3n) is 5.52. The normalized spacial score (nSPS) is 16.1. The Balaban J connectivity index is 0.00000280. The number of pyridine rings is 1. The Bertz CT molecular complexity index is 741. The van der Waals surface area contributed by atoms with Gasteiger partial charge in [0.15, 0.2) is 11.6 Å². The molecule has 1 fully saturated rings. The van der Waals surface area contributed by atoms with Crippen LogP contribution in [-0.4, -0.2) is 53.9 Å². The van der Waals surface area contributed by atoms with Gasteiger partial charge in [0.1, 0.15) is 5.82 Å². The molecule has 1 aliphatic rings. The molecule has 1 aliphatic carbocycles. The lowest BCUT2D eigenvalue weighted by Gasteiger charge is -2.30. The average molecular weight is 500 g/mol. The van der Waals surface area contributed by atoms with E-state index in [1.807, 2.05) is 35.8 Å². The van der Waals surface area contributed by atoms with Crippen LogP contribution < -0.4 is 10.6 Å². The van der Waals surface area contributed by atoms with Crippen molar-refractivity contribution in [1.29, 1.82) is 0 Å². The van der Waals surface area contributed by atoms with Gasteiger partial charge in [-0.2, -0.15) is 0 Å². The molecule has 3 rings (SSSR count). The Hall–Kier alpha value is -1.42. The van der Waals surface area contributed by atoms with Gasteiger partial charge >= 0.3 is 0 Å². The molecule has 2 aromatic heterocycles. The summed E-state index contributed by atoms with van der Waals surface area (Å²) in [6.45, 7) is 5.42. The van der Waals surface area contributed by atoms with Gasteiger partial charge in [0.2, 0.25) is 0 Å². The van der Waals surface area contributed by atoms with Gasteiger partial charge in [0.05, 0.1) is 0 Å². The average Bonchev–Trinajstić information content (AvgIpc) is 3.33. The molecule has 1 saturated carbocycles. The molecule has 2 N–H and O–H groups in total. The van der Waals surface area contributed by atoms with Crippen molar-refractivity contribution in [3.05, 3.63) is 30.2 Å². The summed E-state index contributed by atoms with van der Waals surface area (Å²) in [4.78, 5) is 4.38. The predicted molar refractivity (Wildman–Crippen MR) is 123 cm³/mol. The van der Waals surface area contributed by atoms with E-state index in [1.165, 1.54) is 25.7 Å². The number of nitrogens with zero attached hydrogens (tertiary/aromatic N) is 4. The van der Waals surface area contributed by atoms with Gasteiger partial charge in [-0.3, -0.25) is 9.39 Å². The van der Waals surface area contributed by atoms with Gasteiger partial charge in [-0.15, -0.1) is 34.2 Å². The molecule has 0 aromatic carbocycles. The minimum Gasteiger partial charge on any atom is -0.382 e. The van der Waals surface area contributed by atoms with Gasteiger partial charge < -0.3 is 15.4 Å². The Morgan fingerprint density at radius 2 is 2.07 bits per heavy atom. The van der Waals surface area contributed by atoms with Crippen LogP contribution in [0.15, 0.2) is 29.4 Å². The fourth-order valence-corrected chi connectivity index (χ4v) is 3.92. The number of hydrogen-bond donors (Lipinski definition) is 2. The summed E-state index contributed by atoms with van der Waals surface area (Å²) in [5.41, 5.74) is 1.23. The van der Waals surface area contributed by atoms with E-state index in [-0.39, 0.29) is 24.0 Å². The fourth-order valence-electron chi connectivity index (χ4n) is 3.92. The number of hydrogen-bond acceptors (Lipinski definition) is 4. The Kier molecular flexibility index (Phi) is 9.43. The molecular formula is C20H33IN6O. The summed E-state index contributed by atoms with van der Waals surface area (Å²) in [6.07, 6.45) is 9.10. The van der Waals surface area contributed by atoms with Crippen LogP contribution in [0.3, 0.4) is 0 Å². The molecule has 0 bridgehead atoms. The van der Waals surface area contributed by atoms with E-state index in [0.29, 0.717) is 5.41 Å². The fraction of sp³-hybridized carbons (Fsp3) is 0.650. The first-order valence-corrected chi connectivity index (χ1v) is 10.1. The van der Waals surface area contributed by atoms with Gasteiger partial charge in [-0.1, -0.05) is 18.9 Å². The van der Waals surface area contributed by atoms with Crippen LogP contribution in [0.1, 0.15) is 44.9 Å². The minimum absolute atomic E-state index is 0. The summed E-state index contributed by atoms with van der Waals surface area (Å²) in [5, 5.41) is 15.4. The lowest BCUT2D eigenvalue weighted by Crippen LogP contribution is -2.44. The molecule has 0 unspecified atom stereocenters. The van der Waals surface area contributed by atoms with Crippen molar-refractivity contribution >= 4 is 35.6 Å². The van der Waals surface area contributed by atoms with E-state index < -0.39 is 0 Å². The lowest BCUT2D eigenvalue weighted by atomic mass is 9.83. The topological polar surface area (TPSA) is 75.8 Å². The van der Waals surface area contributed by atoms with E-state index in [2.05, 4.69) is 32.7 Å². The number of ether oxygens (including phenoxy) is 1. The number of rotatable bonds is 9. The van der Waals surface area contributed by atoms with Crippen molar-refractivity contribution in [2.75, 3.05) is 33.4 Å². The maximum Gasteiger partial charge on any atom is 0.191 e. The van der Waals surface area contributed by atoms with Gasteiger partial charge in [-0.25, -0.2) is 0 Å². The third-order valence-corrected chi connectivity index (χ3v) is 5.52. The number of aromatic nitrogens is 3. The van der Waals surface area contributed by atoms with E-state index >= 15 is 0 Å². The van der Waals surface area contributed by atoms with E-state index in [0.717, 1.165) is 56.6 Å². The van der Waals surface area contributed by atoms with Crippen LogP contribution in [-0.2, 0) is 11.2 Å². The molecule has 2 heterocycles. The Morgan fingerprint density at radius 3 is 2.82 bits per heavy atom. The second kappa shape index (κ2) is 11.5. The maximum atomic E-state index is 5.61. The molecule has 28 heavy (non-hydrogen) atoms. The molecule has 8 heteroatoms. The molecule has 156 valence electrons. The number of aliphatic imine (C=N–C) groups is 1. The predicted octanol–water partition coefficient (Wildman–Crippen LogP) is 3.04. The summed E-state index contributed by atoms with van der Waals surface area (Å²) >= 11 is 0. The van der Waals surface area contributed by atoms with Crippen molar-refractivity contribution < 1.29 is 4.74 Å². The van der Waals surface area contributed by atoms with Crippen LogP contribution in [0.2, 0.25) is 0 Å². The van der Waals surface area contributed by atoms with Crippen LogP contribution >= 0.6 is 24.0 Å². The number of nitrogens with one attached hydrogen (secondary N) is 2. The van der Waals surface area contributed by atoms with Crippen LogP contribution in [0, 0.1) is 5.41 Å². The van der Waals surface area contributed by atoms with E-state index in [1.54, 1.807) is 0 Å². The van der Waals surface area contributed by atoms with Crippen molar-refractivity contribution in [3.8, 4) is 0 Å². The highest BCUT2D eigenvalue weighted by molar-refractivity contribution is 14.0. The summed E-state index contributed by atoms with van der Waals surface area (Å²) in [7, 11) is 1.82. The van der Waals surface area contributed by atoms with Gasteiger partial charge in [-0.05, 0) is 43.7 Å². The van der Waals surface area contributed by atoms with Gasteiger partial charge in [0.25, 0.3) is 0 Å². The first-order valence-electron chi connectivity index (χ1n) is 10.1. The quantitative estimate of drug-likeness (QED) is 0.240. The lowest BCUT2D eigenvalue weighted by molar-refractivity contribution is 0.105. The summed E-state index contributed by atoms with van der Waals surface area (Å²) in [6, 6.07) is 5.94. The number of guanidine groups is 1. The van der Waals surface area contributed by atoms with E-state index in [4.69, 9.17) is 4.74 Å². The van der Waals surface area contributed by atoms with E-state index in [9.17, 15) is 0 Å². The molecule has 0 amide bonds. The van der Waals surface area contributed by atoms with Crippen LogP contribution in [0.25, 0.3) is 5.65 Å². The zero-order valence-electron chi connectivity index (χ0n) is 17.0.